The fourth-order valence-electron chi connectivity index (χ4n) is 3.39. The average molecular weight is 359 g/mol. The second-order valence-corrected chi connectivity index (χ2v) is 8.00. The number of hydrogen-bond donors (Lipinski definition) is 0. The van der Waals surface area contributed by atoms with Crippen molar-refractivity contribution >= 4 is 17.0 Å². The van der Waals surface area contributed by atoms with Gasteiger partial charge in [-0.05, 0) is 58.6 Å². The van der Waals surface area contributed by atoms with Gasteiger partial charge < -0.3 is 14.4 Å². The molecule has 0 spiro atoms. The highest BCUT2D eigenvalue weighted by Crippen LogP contribution is 2.30. The predicted molar refractivity (Wildman–Crippen MR) is 101 cm³/mol. The van der Waals surface area contributed by atoms with Crippen molar-refractivity contribution < 1.29 is 14.3 Å². The molecule has 1 aliphatic rings. The van der Waals surface area contributed by atoms with E-state index in [1.165, 1.54) is 0 Å². The summed E-state index contributed by atoms with van der Waals surface area (Å²) in [6.45, 7) is 8.89. The van der Waals surface area contributed by atoms with E-state index in [9.17, 15) is 4.79 Å². The molecule has 1 saturated heterocycles. The fourth-order valence-corrected chi connectivity index (χ4v) is 3.39. The molecule has 6 nitrogen and oxygen atoms in total. The Morgan fingerprint density at radius 3 is 2.81 bits per heavy atom. The van der Waals surface area contributed by atoms with Gasteiger partial charge in [-0.15, -0.1) is 0 Å². The summed E-state index contributed by atoms with van der Waals surface area (Å²) in [6, 6.07) is 6.13. The highest BCUT2D eigenvalue weighted by atomic mass is 16.6. The van der Waals surface area contributed by atoms with E-state index < -0.39 is 5.60 Å². The lowest BCUT2D eigenvalue weighted by molar-refractivity contribution is -0.0368. The molecule has 0 bridgehead atoms. The minimum Gasteiger partial charge on any atom is -0.444 e. The molecule has 26 heavy (non-hydrogen) atoms. The molecule has 1 atom stereocenters. The van der Waals surface area contributed by atoms with Gasteiger partial charge in [0.1, 0.15) is 5.60 Å². The molecule has 3 rings (SSSR count). The van der Waals surface area contributed by atoms with E-state index in [1.807, 2.05) is 44.5 Å². The van der Waals surface area contributed by atoms with E-state index in [1.54, 1.807) is 11.9 Å². The lowest BCUT2D eigenvalue weighted by Crippen LogP contribution is -2.33. The summed E-state index contributed by atoms with van der Waals surface area (Å²) in [6.07, 6.45) is 2.93. The van der Waals surface area contributed by atoms with Gasteiger partial charge in [0.25, 0.3) is 0 Å². The number of benzene rings is 1. The standard InChI is InChI=1S/C20H29N3O3/c1-14-18-15(13-22(5)19(24)26-20(2,3)4)9-8-10-16(18)23(21-14)17-11-6-7-12-25-17/h8-10,17H,6-7,11-13H2,1-5H3. The molecule has 1 unspecified atom stereocenters. The number of ether oxygens (including phenoxy) is 2. The molecule has 1 amide bonds. The van der Waals surface area contributed by atoms with Crippen molar-refractivity contribution in [1.29, 1.82) is 0 Å². The molecule has 1 aromatic heterocycles. The van der Waals surface area contributed by atoms with Crippen LogP contribution >= 0.6 is 0 Å². The molecule has 1 fully saturated rings. The van der Waals surface area contributed by atoms with E-state index in [0.29, 0.717) is 6.54 Å². The molecule has 2 heterocycles. The Labute approximate surface area is 155 Å². The zero-order chi connectivity index (χ0) is 18.9. The number of hydrogen-bond acceptors (Lipinski definition) is 4. The first-order chi connectivity index (χ1) is 12.3. The van der Waals surface area contributed by atoms with E-state index >= 15 is 0 Å². The van der Waals surface area contributed by atoms with E-state index in [2.05, 4.69) is 6.07 Å². The van der Waals surface area contributed by atoms with Crippen LogP contribution in [0.1, 0.15) is 57.5 Å². The quantitative estimate of drug-likeness (QED) is 0.814. The fraction of sp³-hybridized carbons (Fsp3) is 0.600. The SMILES string of the molecule is Cc1nn(C2CCCCO2)c2cccc(CN(C)C(=O)OC(C)(C)C)c12. The van der Waals surface area contributed by atoms with Crippen LogP contribution in [0, 0.1) is 6.92 Å². The number of fused-ring (bicyclic) bond motifs is 1. The maximum absolute atomic E-state index is 12.3. The summed E-state index contributed by atoms with van der Waals surface area (Å²) in [5.74, 6) is 0. The predicted octanol–water partition coefficient (Wildman–Crippen LogP) is 4.41. The van der Waals surface area contributed by atoms with Gasteiger partial charge in [-0.2, -0.15) is 5.10 Å². The molecule has 142 valence electrons. The first-order valence-corrected chi connectivity index (χ1v) is 9.29. The van der Waals surface area contributed by atoms with Gasteiger partial charge in [0.15, 0.2) is 6.23 Å². The first kappa shape index (κ1) is 18.7. The highest BCUT2D eigenvalue weighted by molar-refractivity contribution is 5.85. The summed E-state index contributed by atoms with van der Waals surface area (Å²) in [4.78, 5) is 13.9. The third kappa shape index (κ3) is 4.01. The molecular weight excluding hydrogens is 330 g/mol. The Kier molecular flexibility index (Phi) is 5.23. The van der Waals surface area contributed by atoms with E-state index in [4.69, 9.17) is 14.6 Å². The van der Waals surface area contributed by atoms with Crippen LogP contribution < -0.4 is 0 Å². The van der Waals surface area contributed by atoms with Crippen LogP contribution in [0.5, 0.6) is 0 Å². The number of rotatable bonds is 3. The minimum absolute atomic E-state index is 0.00112. The van der Waals surface area contributed by atoms with Crippen LogP contribution in [0.2, 0.25) is 0 Å². The Hall–Kier alpha value is -2.08. The molecular formula is C20H29N3O3. The molecule has 0 N–H and O–H groups in total. The molecule has 6 heteroatoms. The van der Waals surface area contributed by atoms with Crippen molar-refractivity contribution in [3.05, 3.63) is 29.5 Å². The van der Waals surface area contributed by atoms with Gasteiger partial charge >= 0.3 is 6.09 Å². The molecule has 0 radical (unpaired) electrons. The Morgan fingerprint density at radius 2 is 2.15 bits per heavy atom. The maximum atomic E-state index is 12.3. The van der Waals surface area contributed by atoms with Crippen molar-refractivity contribution in [2.75, 3.05) is 13.7 Å². The topological polar surface area (TPSA) is 56.6 Å². The molecule has 0 aliphatic carbocycles. The molecule has 2 aromatic rings. The first-order valence-electron chi connectivity index (χ1n) is 9.29. The summed E-state index contributed by atoms with van der Waals surface area (Å²) in [5, 5.41) is 5.84. The number of carbonyl (C=O) groups is 1. The smallest absolute Gasteiger partial charge is 0.410 e. The van der Waals surface area contributed by atoms with Crippen molar-refractivity contribution in [2.24, 2.45) is 0 Å². The number of carbonyl (C=O) groups excluding carboxylic acids is 1. The third-order valence-corrected chi connectivity index (χ3v) is 4.54. The van der Waals surface area contributed by atoms with Gasteiger partial charge in [0, 0.05) is 25.6 Å². The van der Waals surface area contributed by atoms with Crippen molar-refractivity contribution in [3.8, 4) is 0 Å². The van der Waals surface area contributed by atoms with Gasteiger partial charge in [-0.3, -0.25) is 0 Å². The number of nitrogens with zero attached hydrogens (tertiary/aromatic N) is 3. The van der Waals surface area contributed by atoms with Crippen molar-refractivity contribution in [1.82, 2.24) is 14.7 Å². The van der Waals surface area contributed by atoms with Crippen molar-refractivity contribution in [2.45, 2.75) is 65.3 Å². The van der Waals surface area contributed by atoms with Gasteiger partial charge in [-0.25, -0.2) is 9.48 Å². The van der Waals surface area contributed by atoms with Crippen molar-refractivity contribution in [3.63, 3.8) is 0 Å². The van der Waals surface area contributed by atoms with Gasteiger partial charge in [0.2, 0.25) is 0 Å². The summed E-state index contributed by atoms with van der Waals surface area (Å²) in [7, 11) is 1.76. The highest BCUT2D eigenvalue weighted by Gasteiger charge is 2.23. The van der Waals surface area contributed by atoms with Crippen LogP contribution in [0.15, 0.2) is 18.2 Å². The molecule has 1 aliphatic heterocycles. The van der Waals surface area contributed by atoms with Crippen LogP contribution in [-0.2, 0) is 16.0 Å². The zero-order valence-corrected chi connectivity index (χ0v) is 16.4. The summed E-state index contributed by atoms with van der Waals surface area (Å²) in [5.41, 5.74) is 2.58. The molecule has 0 saturated carbocycles. The van der Waals surface area contributed by atoms with Crippen LogP contribution in [0.25, 0.3) is 10.9 Å². The Bertz CT molecular complexity index is 785. The normalized spacial score (nSPS) is 18.1. The second kappa shape index (κ2) is 7.27. The third-order valence-electron chi connectivity index (χ3n) is 4.54. The van der Waals surface area contributed by atoms with Crippen LogP contribution in [-0.4, -0.2) is 40.0 Å². The Balaban J connectivity index is 1.87. The average Bonchev–Trinajstić information content (AvgIpc) is 2.92. The van der Waals surface area contributed by atoms with Crippen LogP contribution in [0.4, 0.5) is 4.79 Å². The number of aryl methyl sites for hydroxylation is 1. The van der Waals surface area contributed by atoms with Crippen LogP contribution in [0.3, 0.4) is 0 Å². The van der Waals surface area contributed by atoms with E-state index in [-0.39, 0.29) is 12.3 Å². The lowest BCUT2D eigenvalue weighted by Gasteiger charge is -2.25. The van der Waals surface area contributed by atoms with E-state index in [0.717, 1.165) is 48.0 Å². The number of aromatic nitrogens is 2. The largest absolute Gasteiger partial charge is 0.444 e. The maximum Gasteiger partial charge on any atom is 0.410 e. The lowest BCUT2D eigenvalue weighted by atomic mass is 10.1. The summed E-state index contributed by atoms with van der Waals surface area (Å²) >= 11 is 0. The second-order valence-electron chi connectivity index (χ2n) is 8.00. The van der Waals surface area contributed by atoms with Gasteiger partial charge in [0.05, 0.1) is 11.2 Å². The number of amides is 1. The summed E-state index contributed by atoms with van der Waals surface area (Å²) < 4.78 is 13.4. The molecule has 1 aromatic carbocycles. The Morgan fingerprint density at radius 1 is 1.38 bits per heavy atom. The van der Waals surface area contributed by atoms with Gasteiger partial charge in [-0.1, -0.05) is 12.1 Å². The minimum atomic E-state index is -0.503. The monoisotopic (exact) mass is 359 g/mol. The zero-order valence-electron chi connectivity index (χ0n) is 16.4.